The number of anilines is 1. The van der Waals surface area contributed by atoms with E-state index in [9.17, 15) is 10.1 Å². The van der Waals surface area contributed by atoms with E-state index in [4.69, 9.17) is 9.72 Å². The van der Waals surface area contributed by atoms with Crippen LogP contribution >= 0.6 is 11.8 Å². The molecule has 0 aliphatic rings. The van der Waals surface area contributed by atoms with Gasteiger partial charge >= 0.3 is 0 Å². The molecule has 1 amide bonds. The lowest BCUT2D eigenvalue weighted by molar-refractivity contribution is -0.115. The number of ether oxygens (including phenoxy) is 1. The number of nitriles is 1. The Balaban J connectivity index is 1.60. The first-order chi connectivity index (χ1) is 17.5. The van der Waals surface area contributed by atoms with Gasteiger partial charge in [0.05, 0.1) is 18.4 Å². The van der Waals surface area contributed by atoms with Crippen molar-refractivity contribution in [2.75, 3.05) is 18.2 Å². The smallest absolute Gasteiger partial charge is 0.225 e. The van der Waals surface area contributed by atoms with Gasteiger partial charge in [-0.3, -0.25) is 4.79 Å². The molecule has 3 aromatic carbocycles. The van der Waals surface area contributed by atoms with Gasteiger partial charge in [-0.2, -0.15) is 5.26 Å². The van der Waals surface area contributed by atoms with E-state index >= 15 is 0 Å². The van der Waals surface area contributed by atoms with Crippen molar-refractivity contribution in [3.05, 3.63) is 95.6 Å². The van der Waals surface area contributed by atoms with Crippen molar-refractivity contribution in [1.82, 2.24) is 4.98 Å². The zero-order valence-electron chi connectivity index (χ0n) is 20.5. The normalized spacial score (nSPS) is 10.5. The number of pyridine rings is 1. The molecule has 0 aliphatic heterocycles. The number of carbonyl (C=O) groups excluding carboxylic acids is 1. The van der Waals surface area contributed by atoms with E-state index in [1.165, 1.54) is 11.8 Å². The van der Waals surface area contributed by atoms with Gasteiger partial charge in [0.15, 0.2) is 0 Å². The van der Waals surface area contributed by atoms with Crippen LogP contribution in [0.1, 0.15) is 23.1 Å². The molecule has 1 aromatic heterocycles. The lowest BCUT2D eigenvalue weighted by atomic mass is 9.99. The minimum absolute atomic E-state index is 0.0671. The third-order valence-corrected chi connectivity index (χ3v) is 6.77. The number of methoxy groups -OCH3 is 1. The third kappa shape index (κ3) is 5.94. The highest BCUT2D eigenvalue weighted by Gasteiger charge is 2.17. The second-order valence-electron chi connectivity index (χ2n) is 8.41. The summed E-state index contributed by atoms with van der Waals surface area (Å²) in [4.78, 5) is 17.4. The van der Waals surface area contributed by atoms with Crippen molar-refractivity contribution in [3.63, 3.8) is 0 Å². The maximum absolute atomic E-state index is 12.6. The fraction of sp³-hybridized carbons (Fsp3) is 0.167. The molecule has 6 heteroatoms. The quantitative estimate of drug-likeness (QED) is 0.267. The van der Waals surface area contributed by atoms with Gasteiger partial charge in [0, 0.05) is 29.0 Å². The van der Waals surface area contributed by atoms with Crippen LogP contribution in [0.4, 0.5) is 5.69 Å². The van der Waals surface area contributed by atoms with Crippen LogP contribution in [-0.4, -0.2) is 23.8 Å². The largest absolute Gasteiger partial charge is 0.497 e. The number of thioether (sulfide) groups is 1. The number of nitrogens with one attached hydrogen (secondary N) is 1. The minimum Gasteiger partial charge on any atom is -0.497 e. The van der Waals surface area contributed by atoms with Crippen LogP contribution in [0.2, 0.25) is 0 Å². The summed E-state index contributed by atoms with van der Waals surface area (Å²) >= 11 is 1.42. The molecule has 0 saturated heterocycles. The minimum atomic E-state index is -0.0671. The van der Waals surface area contributed by atoms with Crippen molar-refractivity contribution in [2.45, 2.75) is 25.3 Å². The van der Waals surface area contributed by atoms with E-state index in [2.05, 4.69) is 11.4 Å². The summed E-state index contributed by atoms with van der Waals surface area (Å²) in [6.07, 6.45) is 0.304. The molecule has 36 heavy (non-hydrogen) atoms. The number of rotatable bonds is 8. The average molecular weight is 494 g/mol. The maximum Gasteiger partial charge on any atom is 0.225 e. The molecule has 4 aromatic rings. The molecule has 1 heterocycles. The van der Waals surface area contributed by atoms with E-state index in [0.29, 0.717) is 22.8 Å². The van der Waals surface area contributed by atoms with Crippen LogP contribution in [0, 0.1) is 25.2 Å². The van der Waals surface area contributed by atoms with E-state index < -0.39 is 0 Å². The fourth-order valence-corrected chi connectivity index (χ4v) is 4.84. The first-order valence-corrected chi connectivity index (χ1v) is 12.6. The van der Waals surface area contributed by atoms with Crippen LogP contribution in [0.25, 0.3) is 22.4 Å². The Labute approximate surface area is 216 Å². The molecule has 0 aliphatic carbocycles. The topological polar surface area (TPSA) is 75.0 Å². The van der Waals surface area contributed by atoms with Crippen LogP contribution < -0.4 is 10.1 Å². The predicted molar refractivity (Wildman–Crippen MR) is 146 cm³/mol. The van der Waals surface area contributed by atoms with E-state index in [-0.39, 0.29) is 5.91 Å². The van der Waals surface area contributed by atoms with Gasteiger partial charge < -0.3 is 10.1 Å². The summed E-state index contributed by atoms with van der Waals surface area (Å²) in [5.41, 5.74) is 6.96. The highest BCUT2D eigenvalue weighted by Crippen LogP contribution is 2.35. The summed E-state index contributed by atoms with van der Waals surface area (Å²) in [5, 5.41) is 13.7. The number of aromatic nitrogens is 1. The molecule has 0 atom stereocenters. The van der Waals surface area contributed by atoms with Crippen molar-refractivity contribution in [3.8, 4) is 34.2 Å². The zero-order chi connectivity index (χ0) is 25.5. The van der Waals surface area contributed by atoms with Gasteiger partial charge in [-0.25, -0.2) is 4.98 Å². The Morgan fingerprint density at radius 1 is 1.00 bits per heavy atom. The SMILES string of the molecule is COc1ccc(-c2cc(-c3ccccc3)nc(SCCC(=O)Nc3ccc(C)cc3C)c2C#N)cc1. The molecule has 0 fully saturated rings. The number of hydrogen-bond acceptors (Lipinski definition) is 5. The predicted octanol–water partition coefficient (Wildman–Crippen LogP) is 7.03. The van der Waals surface area contributed by atoms with Crippen molar-refractivity contribution < 1.29 is 9.53 Å². The van der Waals surface area contributed by atoms with Crippen LogP contribution in [0.3, 0.4) is 0 Å². The zero-order valence-corrected chi connectivity index (χ0v) is 21.4. The Morgan fingerprint density at radius 2 is 1.75 bits per heavy atom. The van der Waals surface area contributed by atoms with Gasteiger partial charge in [0.25, 0.3) is 0 Å². The van der Waals surface area contributed by atoms with Crippen molar-refractivity contribution in [2.24, 2.45) is 0 Å². The summed E-state index contributed by atoms with van der Waals surface area (Å²) in [5.74, 6) is 1.18. The van der Waals surface area contributed by atoms with Crippen LogP contribution in [0.5, 0.6) is 5.75 Å². The first-order valence-electron chi connectivity index (χ1n) is 11.6. The molecule has 0 bridgehead atoms. The lowest BCUT2D eigenvalue weighted by Gasteiger charge is -2.13. The Kier molecular flexibility index (Phi) is 8.04. The number of hydrogen-bond donors (Lipinski definition) is 1. The Hall–Kier alpha value is -4.08. The Morgan fingerprint density at radius 3 is 2.42 bits per heavy atom. The number of carbonyl (C=O) groups is 1. The molecule has 0 unspecified atom stereocenters. The summed E-state index contributed by atoms with van der Waals surface area (Å²) < 4.78 is 5.29. The second-order valence-corrected chi connectivity index (χ2v) is 9.49. The average Bonchev–Trinajstić information content (AvgIpc) is 2.90. The van der Waals surface area contributed by atoms with Gasteiger partial charge in [0.2, 0.25) is 5.91 Å². The summed E-state index contributed by atoms with van der Waals surface area (Å²) in [6.45, 7) is 4.01. The molecule has 0 saturated carbocycles. The van der Waals surface area contributed by atoms with Crippen molar-refractivity contribution >= 4 is 23.4 Å². The lowest BCUT2D eigenvalue weighted by Crippen LogP contribution is -2.13. The number of benzene rings is 3. The van der Waals surface area contributed by atoms with Gasteiger partial charge in [-0.15, -0.1) is 11.8 Å². The molecule has 4 rings (SSSR count). The molecule has 180 valence electrons. The summed E-state index contributed by atoms with van der Waals surface area (Å²) in [7, 11) is 1.63. The van der Waals surface area contributed by atoms with E-state index in [1.807, 2.05) is 92.7 Å². The first kappa shape index (κ1) is 25.0. The molecule has 1 N–H and O–H groups in total. The molecular formula is C30H27N3O2S. The van der Waals surface area contributed by atoms with Crippen molar-refractivity contribution in [1.29, 1.82) is 5.26 Å². The van der Waals surface area contributed by atoms with Crippen LogP contribution in [-0.2, 0) is 4.79 Å². The number of amides is 1. The standard InChI is InChI=1S/C30H27N3O2S/c1-20-9-14-27(21(2)17-20)32-29(34)15-16-36-30-26(19-31)25(22-10-12-24(35-3)13-11-22)18-28(33-30)23-7-5-4-6-8-23/h4-14,17-18H,15-16H2,1-3H3,(H,32,34). The van der Waals surface area contributed by atoms with Gasteiger partial charge in [-0.1, -0.05) is 60.2 Å². The number of aryl methyl sites for hydroxylation is 2. The highest BCUT2D eigenvalue weighted by atomic mass is 32.2. The summed E-state index contributed by atoms with van der Waals surface area (Å²) in [6, 6.07) is 27.8. The van der Waals surface area contributed by atoms with E-state index in [1.54, 1.807) is 7.11 Å². The molecular weight excluding hydrogens is 466 g/mol. The number of nitrogens with zero attached hydrogens (tertiary/aromatic N) is 2. The van der Waals surface area contributed by atoms with Gasteiger partial charge in [-0.05, 0) is 49.2 Å². The second kappa shape index (κ2) is 11.6. The Bertz CT molecular complexity index is 1410. The molecule has 0 radical (unpaired) electrons. The molecule has 5 nitrogen and oxygen atoms in total. The third-order valence-electron chi connectivity index (χ3n) is 5.79. The molecule has 0 spiro atoms. The van der Waals surface area contributed by atoms with E-state index in [0.717, 1.165) is 44.9 Å². The highest BCUT2D eigenvalue weighted by molar-refractivity contribution is 7.99. The maximum atomic E-state index is 12.6. The monoisotopic (exact) mass is 493 g/mol. The van der Waals surface area contributed by atoms with Gasteiger partial charge in [0.1, 0.15) is 16.8 Å². The van der Waals surface area contributed by atoms with Crippen LogP contribution in [0.15, 0.2) is 83.9 Å². The fourth-order valence-electron chi connectivity index (χ4n) is 3.90.